The van der Waals surface area contributed by atoms with Gasteiger partial charge >= 0.3 is 0 Å². The number of anilines is 1. The maximum Gasteiger partial charge on any atom is 0.180 e. The molecule has 0 spiro atoms. The first-order valence-corrected chi connectivity index (χ1v) is 5.70. The van der Waals surface area contributed by atoms with E-state index in [4.69, 9.17) is 5.73 Å². The molecule has 78 valence electrons. The number of benzene rings is 1. The Labute approximate surface area is 93.8 Å². The molecule has 0 atom stereocenters. The van der Waals surface area contributed by atoms with Gasteiger partial charge in [0.25, 0.3) is 0 Å². The Hall–Kier alpha value is -1.35. The number of nitrogens with two attached hydrogens (primary N) is 1. The highest BCUT2D eigenvalue weighted by Gasteiger charge is 2.10. The van der Waals surface area contributed by atoms with E-state index in [1.807, 2.05) is 0 Å². The summed E-state index contributed by atoms with van der Waals surface area (Å²) in [5.41, 5.74) is 10.4. The van der Waals surface area contributed by atoms with Crippen LogP contribution in [0.15, 0.2) is 18.2 Å². The molecule has 1 heterocycles. The first-order chi connectivity index (χ1) is 7.08. The van der Waals surface area contributed by atoms with Crippen LogP contribution in [0, 0.1) is 20.8 Å². The van der Waals surface area contributed by atoms with Crippen LogP contribution in [-0.4, -0.2) is 4.98 Å². The topological polar surface area (TPSA) is 38.9 Å². The van der Waals surface area contributed by atoms with E-state index in [1.165, 1.54) is 21.6 Å². The average Bonchev–Trinajstić information content (AvgIpc) is 2.50. The van der Waals surface area contributed by atoms with Crippen LogP contribution in [0.5, 0.6) is 0 Å². The molecule has 1 aromatic heterocycles. The fraction of sp³-hybridized carbons (Fsp3) is 0.250. The van der Waals surface area contributed by atoms with Crippen LogP contribution >= 0.6 is 11.3 Å². The Bertz CT molecular complexity index is 500. The maximum atomic E-state index is 5.71. The van der Waals surface area contributed by atoms with E-state index >= 15 is 0 Å². The molecule has 0 radical (unpaired) electrons. The van der Waals surface area contributed by atoms with Gasteiger partial charge in [0, 0.05) is 10.4 Å². The second-order valence-electron chi connectivity index (χ2n) is 3.78. The van der Waals surface area contributed by atoms with Gasteiger partial charge in [-0.1, -0.05) is 17.7 Å². The third-order valence-corrected chi connectivity index (χ3v) is 3.26. The van der Waals surface area contributed by atoms with Gasteiger partial charge in [-0.25, -0.2) is 4.98 Å². The number of aromatic nitrogens is 1. The maximum absolute atomic E-state index is 5.71. The van der Waals surface area contributed by atoms with Crippen LogP contribution in [0.25, 0.3) is 11.3 Å². The predicted octanol–water partition coefficient (Wildman–Crippen LogP) is 3.32. The molecule has 2 N–H and O–H groups in total. The molecule has 2 nitrogen and oxygen atoms in total. The third-order valence-electron chi connectivity index (χ3n) is 2.46. The van der Waals surface area contributed by atoms with Crippen LogP contribution in [0.4, 0.5) is 5.13 Å². The molecule has 0 aliphatic carbocycles. The summed E-state index contributed by atoms with van der Waals surface area (Å²) in [6.07, 6.45) is 0. The first kappa shape index (κ1) is 10.2. The Morgan fingerprint density at radius 1 is 1.20 bits per heavy atom. The van der Waals surface area contributed by atoms with E-state index in [2.05, 4.69) is 44.0 Å². The minimum absolute atomic E-state index is 0.642. The first-order valence-electron chi connectivity index (χ1n) is 4.88. The van der Waals surface area contributed by atoms with Crippen molar-refractivity contribution in [2.24, 2.45) is 0 Å². The highest BCUT2D eigenvalue weighted by Crippen LogP contribution is 2.31. The van der Waals surface area contributed by atoms with Crippen LogP contribution in [-0.2, 0) is 0 Å². The molecule has 15 heavy (non-hydrogen) atoms. The summed E-state index contributed by atoms with van der Waals surface area (Å²) in [6.45, 7) is 6.25. The van der Waals surface area contributed by atoms with Gasteiger partial charge in [0.2, 0.25) is 0 Å². The lowest BCUT2D eigenvalue weighted by Crippen LogP contribution is -1.88. The largest absolute Gasteiger partial charge is 0.375 e. The van der Waals surface area contributed by atoms with Crippen LogP contribution in [0.2, 0.25) is 0 Å². The van der Waals surface area contributed by atoms with Gasteiger partial charge in [-0.15, -0.1) is 11.3 Å². The highest BCUT2D eigenvalue weighted by atomic mass is 32.1. The summed E-state index contributed by atoms with van der Waals surface area (Å²) in [4.78, 5) is 5.56. The number of hydrogen-bond acceptors (Lipinski definition) is 3. The summed E-state index contributed by atoms with van der Waals surface area (Å²) in [5, 5.41) is 0.642. The standard InChI is InChI=1S/C12H14N2S/c1-7-4-5-8(2)10(6-7)11-9(3)15-12(13)14-11/h4-6H,1-3H3,(H2,13,14). The van der Waals surface area contributed by atoms with Crippen molar-refractivity contribution in [3.63, 3.8) is 0 Å². The van der Waals surface area contributed by atoms with Crippen molar-refractivity contribution in [3.8, 4) is 11.3 Å². The number of nitrogen functional groups attached to an aromatic ring is 1. The number of rotatable bonds is 1. The fourth-order valence-electron chi connectivity index (χ4n) is 1.66. The highest BCUT2D eigenvalue weighted by molar-refractivity contribution is 7.15. The monoisotopic (exact) mass is 218 g/mol. The zero-order valence-electron chi connectivity index (χ0n) is 9.16. The number of nitrogens with zero attached hydrogens (tertiary/aromatic N) is 1. The molecule has 2 rings (SSSR count). The zero-order valence-corrected chi connectivity index (χ0v) is 9.98. The zero-order chi connectivity index (χ0) is 11.0. The van der Waals surface area contributed by atoms with Gasteiger partial charge in [-0.2, -0.15) is 0 Å². The second-order valence-corrected chi connectivity index (χ2v) is 5.01. The fourth-order valence-corrected chi connectivity index (χ4v) is 2.36. The minimum Gasteiger partial charge on any atom is -0.375 e. The quantitative estimate of drug-likeness (QED) is 0.797. The van der Waals surface area contributed by atoms with Crippen molar-refractivity contribution < 1.29 is 0 Å². The molecule has 0 bridgehead atoms. The Balaban J connectivity index is 2.62. The summed E-state index contributed by atoms with van der Waals surface area (Å²) >= 11 is 1.55. The van der Waals surface area contributed by atoms with E-state index in [0.29, 0.717) is 5.13 Å². The van der Waals surface area contributed by atoms with E-state index in [9.17, 15) is 0 Å². The Morgan fingerprint density at radius 3 is 2.53 bits per heavy atom. The molecule has 0 saturated heterocycles. The van der Waals surface area contributed by atoms with E-state index in [1.54, 1.807) is 11.3 Å². The smallest absolute Gasteiger partial charge is 0.180 e. The predicted molar refractivity (Wildman–Crippen MR) is 66.2 cm³/mol. The molecule has 0 fully saturated rings. The third kappa shape index (κ3) is 1.88. The molecule has 0 aliphatic rings. The molecule has 0 amide bonds. The van der Waals surface area contributed by atoms with Crippen LogP contribution in [0.1, 0.15) is 16.0 Å². The van der Waals surface area contributed by atoms with Crippen molar-refractivity contribution in [3.05, 3.63) is 34.2 Å². The summed E-state index contributed by atoms with van der Waals surface area (Å²) in [6, 6.07) is 6.40. The van der Waals surface area contributed by atoms with Gasteiger partial charge < -0.3 is 5.73 Å². The normalized spacial score (nSPS) is 10.6. The van der Waals surface area contributed by atoms with Gasteiger partial charge in [0.15, 0.2) is 5.13 Å². The van der Waals surface area contributed by atoms with Crippen molar-refractivity contribution in [1.29, 1.82) is 0 Å². The lowest BCUT2D eigenvalue weighted by atomic mass is 10.0. The second kappa shape index (κ2) is 3.66. The number of thiazole rings is 1. The number of aryl methyl sites for hydroxylation is 3. The summed E-state index contributed by atoms with van der Waals surface area (Å²) in [5.74, 6) is 0. The van der Waals surface area contributed by atoms with Crippen molar-refractivity contribution in [2.45, 2.75) is 20.8 Å². The van der Waals surface area contributed by atoms with Crippen molar-refractivity contribution >= 4 is 16.5 Å². The van der Waals surface area contributed by atoms with Crippen LogP contribution < -0.4 is 5.73 Å². The van der Waals surface area contributed by atoms with E-state index < -0.39 is 0 Å². The summed E-state index contributed by atoms with van der Waals surface area (Å²) < 4.78 is 0. The molecule has 0 saturated carbocycles. The Morgan fingerprint density at radius 2 is 1.93 bits per heavy atom. The van der Waals surface area contributed by atoms with Gasteiger partial charge in [-0.3, -0.25) is 0 Å². The molecule has 1 aromatic carbocycles. The SMILES string of the molecule is Cc1ccc(C)c(-c2nc(N)sc2C)c1. The lowest BCUT2D eigenvalue weighted by Gasteiger charge is -2.04. The minimum atomic E-state index is 0.642. The lowest BCUT2D eigenvalue weighted by molar-refractivity contribution is 1.32. The molecular formula is C12H14N2S. The van der Waals surface area contributed by atoms with Gasteiger partial charge in [0.1, 0.15) is 0 Å². The molecular weight excluding hydrogens is 204 g/mol. The van der Waals surface area contributed by atoms with Crippen molar-refractivity contribution in [1.82, 2.24) is 4.98 Å². The molecule has 0 unspecified atom stereocenters. The van der Waals surface area contributed by atoms with Crippen molar-refractivity contribution in [2.75, 3.05) is 5.73 Å². The number of hydrogen-bond donors (Lipinski definition) is 1. The average molecular weight is 218 g/mol. The summed E-state index contributed by atoms with van der Waals surface area (Å²) in [7, 11) is 0. The van der Waals surface area contributed by atoms with Gasteiger partial charge in [-0.05, 0) is 32.4 Å². The molecule has 0 aliphatic heterocycles. The Kier molecular flexibility index (Phi) is 2.49. The van der Waals surface area contributed by atoms with E-state index in [-0.39, 0.29) is 0 Å². The molecule has 3 heteroatoms. The van der Waals surface area contributed by atoms with Gasteiger partial charge in [0.05, 0.1) is 5.69 Å². The molecule has 2 aromatic rings. The van der Waals surface area contributed by atoms with E-state index in [0.717, 1.165) is 5.69 Å². The van der Waals surface area contributed by atoms with Crippen LogP contribution in [0.3, 0.4) is 0 Å².